The molecule has 0 amide bonds. The van der Waals surface area contributed by atoms with Crippen molar-refractivity contribution in [3.8, 4) is 5.88 Å². The van der Waals surface area contributed by atoms with Crippen LogP contribution in [0.4, 0.5) is 0 Å². The van der Waals surface area contributed by atoms with Crippen molar-refractivity contribution in [2.24, 2.45) is 5.73 Å². The van der Waals surface area contributed by atoms with Crippen LogP contribution in [0.1, 0.15) is 34.1 Å². The van der Waals surface area contributed by atoms with Gasteiger partial charge in [0.2, 0.25) is 5.88 Å². The Morgan fingerprint density at radius 3 is 2.72 bits per heavy atom. The quantitative estimate of drug-likeness (QED) is 0.920. The van der Waals surface area contributed by atoms with Crippen LogP contribution >= 0.6 is 11.3 Å². The minimum atomic E-state index is -0.215. The molecule has 5 heteroatoms. The van der Waals surface area contributed by atoms with E-state index in [1.807, 2.05) is 12.1 Å². The van der Waals surface area contributed by atoms with Crippen molar-refractivity contribution in [2.45, 2.75) is 26.3 Å². The van der Waals surface area contributed by atoms with Gasteiger partial charge in [-0.1, -0.05) is 13.0 Å². The molecule has 96 valence electrons. The zero-order chi connectivity index (χ0) is 13.1. The Kier molecular flexibility index (Phi) is 3.93. The van der Waals surface area contributed by atoms with E-state index >= 15 is 0 Å². The summed E-state index contributed by atoms with van der Waals surface area (Å²) in [6.45, 7) is 4.19. The Morgan fingerprint density at radius 2 is 2.22 bits per heavy atom. The van der Waals surface area contributed by atoms with Crippen molar-refractivity contribution in [1.82, 2.24) is 9.97 Å². The third-order valence-electron chi connectivity index (χ3n) is 2.84. The molecule has 4 nitrogen and oxygen atoms in total. The molecule has 0 spiro atoms. The van der Waals surface area contributed by atoms with Crippen LogP contribution in [0.15, 0.2) is 18.3 Å². The number of aromatic nitrogens is 2. The van der Waals surface area contributed by atoms with Gasteiger partial charge in [-0.25, -0.2) is 9.97 Å². The molecule has 0 aromatic carbocycles. The molecular formula is C13H17N3OS. The van der Waals surface area contributed by atoms with Crippen molar-refractivity contribution < 1.29 is 4.74 Å². The van der Waals surface area contributed by atoms with Gasteiger partial charge in [0.15, 0.2) is 0 Å². The van der Waals surface area contributed by atoms with E-state index in [0.717, 1.165) is 22.7 Å². The van der Waals surface area contributed by atoms with E-state index < -0.39 is 0 Å². The molecule has 0 saturated carbocycles. The number of thiazole rings is 1. The number of nitrogens with two attached hydrogens (primary N) is 1. The molecule has 0 fully saturated rings. The lowest BCUT2D eigenvalue weighted by molar-refractivity contribution is 0.397. The average molecular weight is 263 g/mol. The zero-order valence-electron chi connectivity index (χ0n) is 10.8. The molecule has 2 aromatic rings. The number of pyridine rings is 1. The molecule has 0 aliphatic heterocycles. The largest absolute Gasteiger partial charge is 0.481 e. The minimum Gasteiger partial charge on any atom is -0.481 e. The highest BCUT2D eigenvalue weighted by molar-refractivity contribution is 7.11. The van der Waals surface area contributed by atoms with E-state index in [-0.39, 0.29) is 6.04 Å². The van der Waals surface area contributed by atoms with Gasteiger partial charge in [-0.05, 0) is 18.9 Å². The molecule has 18 heavy (non-hydrogen) atoms. The molecule has 0 bridgehead atoms. The SMILES string of the molecule is CCc1nc(C(N)c2ccc(OC)nc2)sc1C. The fourth-order valence-electron chi connectivity index (χ4n) is 1.75. The Labute approximate surface area is 111 Å². The number of nitrogens with zero attached hydrogens (tertiary/aromatic N) is 2. The van der Waals surface area contributed by atoms with Gasteiger partial charge in [0.05, 0.1) is 18.8 Å². The summed E-state index contributed by atoms with van der Waals surface area (Å²) in [5.41, 5.74) is 8.29. The number of ether oxygens (including phenoxy) is 1. The summed E-state index contributed by atoms with van der Waals surface area (Å²) in [5.74, 6) is 0.593. The maximum Gasteiger partial charge on any atom is 0.212 e. The maximum absolute atomic E-state index is 6.21. The number of hydrogen-bond donors (Lipinski definition) is 1. The first kappa shape index (κ1) is 13.0. The predicted octanol–water partition coefficient (Wildman–Crippen LogP) is 2.47. The molecular weight excluding hydrogens is 246 g/mol. The number of aryl methyl sites for hydroxylation is 2. The van der Waals surface area contributed by atoms with Crippen LogP contribution in [0.5, 0.6) is 5.88 Å². The van der Waals surface area contributed by atoms with Crippen molar-refractivity contribution in [2.75, 3.05) is 7.11 Å². The lowest BCUT2D eigenvalue weighted by atomic mass is 10.1. The molecule has 0 aliphatic rings. The summed E-state index contributed by atoms with van der Waals surface area (Å²) < 4.78 is 5.03. The zero-order valence-corrected chi connectivity index (χ0v) is 11.6. The molecule has 2 heterocycles. The Morgan fingerprint density at radius 1 is 1.44 bits per heavy atom. The number of hydrogen-bond acceptors (Lipinski definition) is 5. The first-order valence-electron chi connectivity index (χ1n) is 5.87. The summed E-state index contributed by atoms with van der Waals surface area (Å²) in [7, 11) is 1.60. The second-order valence-electron chi connectivity index (χ2n) is 4.02. The number of methoxy groups -OCH3 is 1. The standard InChI is InChI=1S/C13H17N3OS/c1-4-10-8(2)18-13(16-10)12(14)9-5-6-11(17-3)15-7-9/h5-7,12H,4,14H2,1-3H3. The van der Waals surface area contributed by atoms with Crippen molar-refractivity contribution in [3.05, 3.63) is 39.5 Å². The summed E-state index contributed by atoms with van der Waals surface area (Å²) in [5, 5.41) is 0.941. The summed E-state index contributed by atoms with van der Waals surface area (Å²) in [6.07, 6.45) is 2.68. The van der Waals surface area contributed by atoms with Crippen LogP contribution in [0.2, 0.25) is 0 Å². The van der Waals surface area contributed by atoms with Crippen molar-refractivity contribution >= 4 is 11.3 Å². The Hall–Kier alpha value is -1.46. The first-order valence-corrected chi connectivity index (χ1v) is 6.69. The molecule has 0 radical (unpaired) electrons. The third kappa shape index (κ3) is 2.52. The first-order chi connectivity index (χ1) is 8.65. The summed E-state index contributed by atoms with van der Waals surface area (Å²) in [4.78, 5) is 9.99. The molecule has 2 rings (SSSR count). The van der Waals surface area contributed by atoms with Crippen LogP contribution in [0.3, 0.4) is 0 Å². The van der Waals surface area contributed by atoms with Crippen LogP contribution in [0, 0.1) is 6.92 Å². The van der Waals surface area contributed by atoms with Gasteiger partial charge >= 0.3 is 0 Å². The van der Waals surface area contributed by atoms with Gasteiger partial charge in [-0.2, -0.15) is 0 Å². The van der Waals surface area contributed by atoms with Crippen molar-refractivity contribution in [1.29, 1.82) is 0 Å². The van der Waals surface area contributed by atoms with Crippen LogP contribution in [-0.2, 0) is 6.42 Å². The van der Waals surface area contributed by atoms with E-state index in [4.69, 9.17) is 10.5 Å². The second kappa shape index (κ2) is 5.46. The Bertz CT molecular complexity index is 522. The minimum absolute atomic E-state index is 0.215. The van der Waals surface area contributed by atoms with Gasteiger partial charge in [0.1, 0.15) is 5.01 Å². The summed E-state index contributed by atoms with van der Waals surface area (Å²) >= 11 is 1.66. The highest BCUT2D eigenvalue weighted by Crippen LogP contribution is 2.26. The molecule has 0 aliphatic carbocycles. The highest BCUT2D eigenvalue weighted by Gasteiger charge is 2.15. The third-order valence-corrected chi connectivity index (χ3v) is 3.93. The smallest absolute Gasteiger partial charge is 0.212 e. The molecule has 0 saturated heterocycles. The van der Waals surface area contributed by atoms with E-state index in [9.17, 15) is 0 Å². The number of rotatable bonds is 4. The topological polar surface area (TPSA) is 61.0 Å². The van der Waals surface area contributed by atoms with E-state index in [0.29, 0.717) is 5.88 Å². The van der Waals surface area contributed by atoms with E-state index in [1.165, 1.54) is 4.88 Å². The normalized spacial score (nSPS) is 12.4. The van der Waals surface area contributed by atoms with Gasteiger partial charge < -0.3 is 10.5 Å². The average Bonchev–Trinajstić information content (AvgIpc) is 2.79. The summed E-state index contributed by atoms with van der Waals surface area (Å²) in [6, 6.07) is 3.53. The Balaban J connectivity index is 2.25. The van der Waals surface area contributed by atoms with Gasteiger partial charge in [0.25, 0.3) is 0 Å². The van der Waals surface area contributed by atoms with Crippen LogP contribution < -0.4 is 10.5 Å². The maximum atomic E-state index is 6.21. The van der Waals surface area contributed by atoms with Gasteiger partial charge in [-0.3, -0.25) is 0 Å². The van der Waals surface area contributed by atoms with Gasteiger partial charge in [-0.15, -0.1) is 11.3 Å². The molecule has 2 N–H and O–H groups in total. The lowest BCUT2D eigenvalue weighted by Crippen LogP contribution is -2.12. The lowest BCUT2D eigenvalue weighted by Gasteiger charge is -2.08. The van der Waals surface area contributed by atoms with Crippen LogP contribution in [0.25, 0.3) is 0 Å². The van der Waals surface area contributed by atoms with Crippen molar-refractivity contribution in [3.63, 3.8) is 0 Å². The molecule has 2 aromatic heterocycles. The van der Waals surface area contributed by atoms with E-state index in [2.05, 4.69) is 23.8 Å². The fourth-order valence-corrected chi connectivity index (χ4v) is 2.79. The van der Waals surface area contributed by atoms with Crippen LogP contribution in [-0.4, -0.2) is 17.1 Å². The molecule has 1 unspecified atom stereocenters. The van der Waals surface area contributed by atoms with Gasteiger partial charge in [0, 0.05) is 17.1 Å². The second-order valence-corrected chi connectivity index (χ2v) is 5.25. The molecule has 1 atom stereocenters. The monoisotopic (exact) mass is 263 g/mol. The van der Waals surface area contributed by atoms with E-state index in [1.54, 1.807) is 24.6 Å². The predicted molar refractivity (Wildman–Crippen MR) is 73.0 cm³/mol. The highest BCUT2D eigenvalue weighted by atomic mass is 32.1. The fraction of sp³-hybridized carbons (Fsp3) is 0.385.